The number of hydrogen-bond donors (Lipinski definition) is 0. The Hall–Kier alpha value is -2.09. The fraction of sp³-hybridized carbons (Fsp3) is 0.188. The third-order valence-electron chi connectivity index (χ3n) is 2.80. The van der Waals surface area contributed by atoms with Gasteiger partial charge in [0.1, 0.15) is 17.8 Å². The number of hydrogen-bond acceptors (Lipinski definition) is 2. The number of aldehydes is 1. The van der Waals surface area contributed by atoms with Gasteiger partial charge in [-0.2, -0.15) is 0 Å². The fourth-order valence-electron chi connectivity index (χ4n) is 1.67. The van der Waals surface area contributed by atoms with Crippen LogP contribution in [0.5, 0.6) is 11.5 Å². The van der Waals surface area contributed by atoms with Crippen LogP contribution in [0.4, 0.5) is 0 Å². The minimum absolute atomic E-state index is 0.519. The van der Waals surface area contributed by atoms with Crippen molar-refractivity contribution in [3.05, 3.63) is 59.7 Å². The maximum absolute atomic E-state index is 10.5. The van der Waals surface area contributed by atoms with Crippen LogP contribution in [0.15, 0.2) is 48.5 Å². The molecule has 0 bridgehead atoms. The minimum atomic E-state index is 0.519. The lowest BCUT2D eigenvalue weighted by Gasteiger charge is -2.08. The zero-order valence-corrected chi connectivity index (χ0v) is 10.6. The maximum atomic E-state index is 10.5. The van der Waals surface area contributed by atoms with E-state index in [1.165, 1.54) is 5.56 Å². The van der Waals surface area contributed by atoms with Gasteiger partial charge >= 0.3 is 0 Å². The maximum Gasteiger partial charge on any atom is 0.150 e. The Kier molecular flexibility index (Phi) is 3.78. The number of ether oxygens (including phenoxy) is 1. The van der Waals surface area contributed by atoms with Gasteiger partial charge in [0.2, 0.25) is 0 Å². The Morgan fingerprint density at radius 1 is 0.889 bits per heavy atom. The highest BCUT2D eigenvalue weighted by Gasteiger charge is 2.01. The van der Waals surface area contributed by atoms with Crippen molar-refractivity contribution in [2.75, 3.05) is 0 Å². The predicted molar refractivity (Wildman–Crippen MR) is 72.4 cm³/mol. The van der Waals surface area contributed by atoms with Crippen LogP contribution in [0.25, 0.3) is 0 Å². The summed E-state index contributed by atoms with van der Waals surface area (Å²) in [6.45, 7) is 4.32. The summed E-state index contributed by atoms with van der Waals surface area (Å²) in [5.41, 5.74) is 1.94. The van der Waals surface area contributed by atoms with Crippen molar-refractivity contribution >= 4 is 6.29 Å². The molecule has 2 aromatic rings. The molecule has 2 heteroatoms. The normalized spacial score (nSPS) is 10.4. The third kappa shape index (κ3) is 2.98. The first kappa shape index (κ1) is 12.4. The first-order valence-corrected chi connectivity index (χ1v) is 6.02. The van der Waals surface area contributed by atoms with Gasteiger partial charge in [0.25, 0.3) is 0 Å². The van der Waals surface area contributed by atoms with E-state index in [1.54, 1.807) is 24.3 Å². The Bertz CT molecular complexity index is 510. The molecule has 0 aliphatic heterocycles. The lowest BCUT2D eigenvalue weighted by molar-refractivity contribution is 0.112. The molecule has 0 fully saturated rings. The summed E-state index contributed by atoms with van der Waals surface area (Å²) in [4.78, 5) is 10.5. The van der Waals surface area contributed by atoms with E-state index in [0.29, 0.717) is 11.5 Å². The Balaban J connectivity index is 2.10. The number of benzene rings is 2. The standard InChI is InChI=1S/C16H16O2/c1-12(2)14-5-9-16(10-6-14)18-15-7-3-13(11-17)4-8-15/h3-12H,1-2H3. The van der Waals surface area contributed by atoms with Crippen molar-refractivity contribution in [2.24, 2.45) is 0 Å². The lowest BCUT2D eigenvalue weighted by atomic mass is 10.0. The van der Waals surface area contributed by atoms with E-state index in [1.807, 2.05) is 12.1 Å². The van der Waals surface area contributed by atoms with Gasteiger partial charge in [-0.3, -0.25) is 4.79 Å². The topological polar surface area (TPSA) is 26.3 Å². The van der Waals surface area contributed by atoms with Gasteiger partial charge in [0, 0.05) is 5.56 Å². The summed E-state index contributed by atoms with van der Waals surface area (Å²) in [7, 11) is 0. The molecule has 18 heavy (non-hydrogen) atoms. The molecule has 0 unspecified atom stereocenters. The highest BCUT2D eigenvalue weighted by Crippen LogP contribution is 2.23. The Morgan fingerprint density at radius 2 is 1.39 bits per heavy atom. The smallest absolute Gasteiger partial charge is 0.150 e. The van der Waals surface area contributed by atoms with Crippen molar-refractivity contribution in [1.29, 1.82) is 0 Å². The van der Waals surface area contributed by atoms with E-state index in [9.17, 15) is 4.79 Å². The number of carbonyl (C=O) groups is 1. The molecule has 2 rings (SSSR count). The summed E-state index contributed by atoms with van der Waals surface area (Å²) < 4.78 is 5.70. The van der Waals surface area contributed by atoms with E-state index in [2.05, 4.69) is 26.0 Å². The molecule has 0 radical (unpaired) electrons. The zero-order valence-electron chi connectivity index (χ0n) is 10.6. The summed E-state index contributed by atoms with van der Waals surface area (Å²) in [5.74, 6) is 2.06. The second-order valence-electron chi connectivity index (χ2n) is 4.51. The largest absolute Gasteiger partial charge is 0.457 e. The van der Waals surface area contributed by atoms with Gasteiger partial charge in [-0.25, -0.2) is 0 Å². The molecule has 2 aromatic carbocycles. The van der Waals surface area contributed by atoms with Crippen LogP contribution in [-0.4, -0.2) is 6.29 Å². The van der Waals surface area contributed by atoms with Gasteiger partial charge in [-0.05, 0) is 47.9 Å². The van der Waals surface area contributed by atoms with E-state index >= 15 is 0 Å². The molecule has 0 saturated heterocycles. The molecule has 0 saturated carbocycles. The van der Waals surface area contributed by atoms with Gasteiger partial charge < -0.3 is 4.74 Å². The second-order valence-corrected chi connectivity index (χ2v) is 4.51. The Morgan fingerprint density at radius 3 is 1.83 bits per heavy atom. The molecule has 92 valence electrons. The fourth-order valence-corrected chi connectivity index (χ4v) is 1.67. The average Bonchev–Trinajstić information content (AvgIpc) is 2.40. The summed E-state index contributed by atoms with van der Waals surface area (Å²) in [5, 5.41) is 0. The van der Waals surface area contributed by atoms with E-state index < -0.39 is 0 Å². The van der Waals surface area contributed by atoms with Gasteiger partial charge in [0.15, 0.2) is 0 Å². The van der Waals surface area contributed by atoms with Crippen molar-refractivity contribution < 1.29 is 9.53 Å². The predicted octanol–water partition coefficient (Wildman–Crippen LogP) is 4.41. The molecule has 0 spiro atoms. The molecule has 0 aliphatic carbocycles. The second kappa shape index (κ2) is 5.50. The van der Waals surface area contributed by atoms with Crippen LogP contribution < -0.4 is 4.74 Å². The SMILES string of the molecule is CC(C)c1ccc(Oc2ccc(C=O)cc2)cc1. The first-order chi connectivity index (χ1) is 8.69. The van der Waals surface area contributed by atoms with Crippen LogP contribution in [0.1, 0.15) is 35.7 Å². The molecular weight excluding hydrogens is 224 g/mol. The van der Waals surface area contributed by atoms with Crippen LogP contribution in [-0.2, 0) is 0 Å². The van der Waals surface area contributed by atoms with Crippen molar-refractivity contribution in [3.63, 3.8) is 0 Å². The molecule has 2 nitrogen and oxygen atoms in total. The molecule has 0 N–H and O–H groups in total. The van der Waals surface area contributed by atoms with Crippen LogP contribution in [0.2, 0.25) is 0 Å². The van der Waals surface area contributed by atoms with Crippen molar-refractivity contribution in [3.8, 4) is 11.5 Å². The van der Waals surface area contributed by atoms with Gasteiger partial charge in [-0.1, -0.05) is 26.0 Å². The quantitative estimate of drug-likeness (QED) is 0.740. The number of rotatable bonds is 4. The van der Waals surface area contributed by atoms with E-state index in [0.717, 1.165) is 17.8 Å². The average molecular weight is 240 g/mol. The van der Waals surface area contributed by atoms with Crippen LogP contribution in [0, 0.1) is 0 Å². The van der Waals surface area contributed by atoms with E-state index in [4.69, 9.17) is 4.74 Å². The number of carbonyl (C=O) groups excluding carboxylic acids is 1. The summed E-state index contributed by atoms with van der Waals surface area (Å²) in [6, 6.07) is 15.1. The summed E-state index contributed by atoms with van der Waals surface area (Å²) >= 11 is 0. The molecule has 0 atom stereocenters. The van der Waals surface area contributed by atoms with Gasteiger partial charge in [-0.15, -0.1) is 0 Å². The van der Waals surface area contributed by atoms with Crippen molar-refractivity contribution in [1.82, 2.24) is 0 Å². The minimum Gasteiger partial charge on any atom is -0.457 e. The van der Waals surface area contributed by atoms with Crippen LogP contribution >= 0.6 is 0 Å². The van der Waals surface area contributed by atoms with E-state index in [-0.39, 0.29) is 0 Å². The monoisotopic (exact) mass is 240 g/mol. The molecule has 0 heterocycles. The van der Waals surface area contributed by atoms with Gasteiger partial charge in [0.05, 0.1) is 0 Å². The highest BCUT2D eigenvalue weighted by molar-refractivity contribution is 5.74. The molecule has 0 aliphatic rings. The zero-order chi connectivity index (χ0) is 13.0. The molecule has 0 amide bonds. The highest BCUT2D eigenvalue weighted by atomic mass is 16.5. The third-order valence-corrected chi connectivity index (χ3v) is 2.80. The molecular formula is C16H16O2. The lowest BCUT2D eigenvalue weighted by Crippen LogP contribution is -1.88. The van der Waals surface area contributed by atoms with Crippen molar-refractivity contribution in [2.45, 2.75) is 19.8 Å². The Labute approximate surface area is 107 Å². The molecule has 0 aromatic heterocycles. The van der Waals surface area contributed by atoms with Crippen LogP contribution in [0.3, 0.4) is 0 Å². The first-order valence-electron chi connectivity index (χ1n) is 6.02. The summed E-state index contributed by atoms with van der Waals surface area (Å²) in [6.07, 6.45) is 0.821.